The Morgan fingerprint density at radius 3 is 2.81 bits per heavy atom. The molecule has 0 bridgehead atoms. The molecule has 2 fully saturated rings. The van der Waals surface area contributed by atoms with Gasteiger partial charge < -0.3 is 19.9 Å². The molecule has 4 rings (SSSR count). The van der Waals surface area contributed by atoms with E-state index in [0.717, 1.165) is 62.0 Å². The molecule has 3 atom stereocenters. The van der Waals surface area contributed by atoms with Crippen LogP contribution in [-0.4, -0.2) is 58.0 Å². The summed E-state index contributed by atoms with van der Waals surface area (Å²) in [6.45, 7) is 0.581. The van der Waals surface area contributed by atoms with Gasteiger partial charge in [-0.2, -0.15) is 0 Å². The summed E-state index contributed by atoms with van der Waals surface area (Å²) in [6, 6.07) is 7.63. The van der Waals surface area contributed by atoms with Crippen LogP contribution in [0.5, 0.6) is 5.75 Å². The molecule has 1 saturated carbocycles. The number of ether oxygens (including phenoxy) is 2. The first-order valence-electron chi connectivity index (χ1n) is 11.8. The number of aliphatic hydroxyl groups excluding tert-OH is 1. The van der Waals surface area contributed by atoms with Gasteiger partial charge in [-0.15, -0.1) is 5.10 Å². The zero-order valence-electron chi connectivity index (χ0n) is 18.8. The number of methoxy groups -OCH3 is 1. The standard InChI is InChI=1S/C24H34N4O4/c1-31-22-10-6-5-9-19(22)21-15-28(27-26-21)14-13-18-11-12-20(23(16-29)32-18)25-24(30)17-7-3-2-4-8-17/h5-6,9-10,15,17-18,20,23,29H,2-4,7-8,11-14,16H2,1H3,(H,25,30)/t18-,20+,23+/m0/s1. The highest BCUT2D eigenvalue weighted by Gasteiger charge is 2.33. The van der Waals surface area contributed by atoms with E-state index in [1.807, 2.05) is 35.1 Å². The molecule has 0 unspecified atom stereocenters. The summed E-state index contributed by atoms with van der Waals surface area (Å²) in [5.74, 6) is 1.01. The maximum absolute atomic E-state index is 12.6. The summed E-state index contributed by atoms with van der Waals surface area (Å²) >= 11 is 0. The van der Waals surface area contributed by atoms with Crippen LogP contribution in [0.1, 0.15) is 51.4 Å². The minimum Gasteiger partial charge on any atom is -0.496 e. The molecule has 2 heterocycles. The molecular weight excluding hydrogens is 408 g/mol. The van der Waals surface area contributed by atoms with Crippen LogP contribution in [0.25, 0.3) is 11.3 Å². The Morgan fingerprint density at radius 2 is 2.03 bits per heavy atom. The molecule has 8 nitrogen and oxygen atoms in total. The summed E-state index contributed by atoms with van der Waals surface area (Å²) in [7, 11) is 1.64. The lowest BCUT2D eigenvalue weighted by Gasteiger charge is -2.37. The fourth-order valence-corrected chi connectivity index (χ4v) is 4.84. The van der Waals surface area contributed by atoms with E-state index in [9.17, 15) is 9.90 Å². The Morgan fingerprint density at radius 1 is 1.22 bits per heavy atom. The monoisotopic (exact) mass is 442 g/mol. The molecule has 2 N–H and O–H groups in total. The van der Waals surface area contributed by atoms with Gasteiger partial charge in [-0.25, -0.2) is 0 Å². The van der Waals surface area contributed by atoms with Gasteiger partial charge in [-0.3, -0.25) is 9.48 Å². The zero-order valence-corrected chi connectivity index (χ0v) is 18.8. The number of para-hydroxylation sites is 1. The van der Waals surface area contributed by atoms with Gasteiger partial charge >= 0.3 is 0 Å². The minimum atomic E-state index is -0.360. The number of nitrogens with zero attached hydrogens (tertiary/aromatic N) is 3. The van der Waals surface area contributed by atoms with Crippen molar-refractivity contribution >= 4 is 5.91 Å². The zero-order chi connectivity index (χ0) is 22.3. The van der Waals surface area contributed by atoms with Gasteiger partial charge in [0.15, 0.2) is 0 Å². The molecule has 174 valence electrons. The maximum Gasteiger partial charge on any atom is 0.223 e. The number of amides is 1. The average molecular weight is 443 g/mol. The largest absolute Gasteiger partial charge is 0.496 e. The number of hydrogen-bond donors (Lipinski definition) is 2. The van der Waals surface area contributed by atoms with Gasteiger partial charge in [-0.05, 0) is 44.2 Å². The molecule has 1 aromatic carbocycles. The van der Waals surface area contributed by atoms with Crippen molar-refractivity contribution in [3.63, 3.8) is 0 Å². The van der Waals surface area contributed by atoms with Crippen LogP contribution in [0, 0.1) is 5.92 Å². The van der Waals surface area contributed by atoms with Gasteiger partial charge in [-0.1, -0.05) is 36.6 Å². The van der Waals surface area contributed by atoms with E-state index >= 15 is 0 Å². The first-order chi connectivity index (χ1) is 15.7. The van der Waals surface area contributed by atoms with Crippen molar-refractivity contribution in [2.45, 2.75) is 76.2 Å². The molecule has 2 aromatic rings. The lowest BCUT2D eigenvalue weighted by Crippen LogP contribution is -2.52. The number of benzene rings is 1. The molecule has 8 heteroatoms. The minimum absolute atomic E-state index is 0.0221. The van der Waals surface area contributed by atoms with Crippen molar-refractivity contribution in [2.24, 2.45) is 5.92 Å². The topological polar surface area (TPSA) is 98.5 Å². The lowest BCUT2D eigenvalue weighted by atomic mass is 9.88. The number of aryl methyl sites for hydroxylation is 1. The summed E-state index contributed by atoms with van der Waals surface area (Å²) in [5.41, 5.74) is 1.68. The third-order valence-electron chi connectivity index (χ3n) is 6.70. The Hall–Kier alpha value is -2.45. The second kappa shape index (κ2) is 10.9. The van der Waals surface area contributed by atoms with Crippen molar-refractivity contribution < 1.29 is 19.4 Å². The average Bonchev–Trinajstić information content (AvgIpc) is 3.32. The first-order valence-corrected chi connectivity index (χ1v) is 11.8. The third kappa shape index (κ3) is 5.48. The van der Waals surface area contributed by atoms with E-state index in [4.69, 9.17) is 9.47 Å². The van der Waals surface area contributed by atoms with E-state index in [2.05, 4.69) is 15.6 Å². The highest BCUT2D eigenvalue weighted by atomic mass is 16.5. The summed E-state index contributed by atoms with van der Waals surface area (Å²) in [6.07, 6.45) is 9.45. The summed E-state index contributed by atoms with van der Waals surface area (Å²) in [5, 5.41) is 21.5. The number of hydrogen-bond acceptors (Lipinski definition) is 6. The molecule has 2 aliphatic rings. The van der Waals surface area contributed by atoms with E-state index in [1.165, 1.54) is 6.42 Å². The van der Waals surface area contributed by atoms with E-state index < -0.39 is 0 Å². The second-order valence-corrected chi connectivity index (χ2v) is 8.86. The number of rotatable bonds is 8. The Kier molecular flexibility index (Phi) is 7.76. The van der Waals surface area contributed by atoms with Crippen LogP contribution in [0.3, 0.4) is 0 Å². The highest BCUT2D eigenvalue weighted by Crippen LogP contribution is 2.28. The van der Waals surface area contributed by atoms with Crippen LogP contribution in [0.4, 0.5) is 0 Å². The highest BCUT2D eigenvalue weighted by molar-refractivity contribution is 5.79. The van der Waals surface area contributed by atoms with Gasteiger partial charge in [0, 0.05) is 18.0 Å². The van der Waals surface area contributed by atoms with Crippen molar-refractivity contribution in [3.05, 3.63) is 30.5 Å². The predicted molar refractivity (Wildman–Crippen MR) is 120 cm³/mol. The van der Waals surface area contributed by atoms with E-state index in [1.54, 1.807) is 7.11 Å². The lowest BCUT2D eigenvalue weighted by molar-refractivity contribution is -0.133. The Labute approximate surface area is 189 Å². The SMILES string of the molecule is COc1ccccc1-c1cn(CC[C@@H]2CC[C@@H](NC(=O)C3CCCCC3)[C@@H](CO)O2)nn1. The third-order valence-corrected chi connectivity index (χ3v) is 6.70. The number of aromatic nitrogens is 3. The van der Waals surface area contributed by atoms with Gasteiger partial charge in [0.25, 0.3) is 0 Å². The number of carbonyl (C=O) groups is 1. The van der Waals surface area contributed by atoms with Gasteiger partial charge in [0.2, 0.25) is 5.91 Å². The molecule has 1 aliphatic carbocycles. The summed E-state index contributed by atoms with van der Waals surface area (Å²) < 4.78 is 13.4. The fraction of sp³-hybridized carbons (Fsp3) is 0.625. The molecular formula is C24H34N4O4. The van der Waals surface area contributed by atoms with Gasteiger partial charge in [0.05, 0.1) is 32.1 Å². The van der Waals surface area contributed by atoms with E-state index in [0.29, 0.717) is 6.54 Å². The summed E-state index contributed by atoms with van der Waals surface area (Å²) in [4.78, 5) is 12.6. The van der Waals surface area contributed by atoms with Crippen LogP contribution in [-0.2, 0) is 16.1 Å². The first kappa shape index (κ1) is 22.7. The number of carbonyl (C=O) groups excluding carboxylic acids is 1. The molecule has 0 spiro atoms. The van der Waals surface area contributed by atoms with E-state index in [-0.39, 0.29) is 36.7 Å². The maximum atomic E-state index is 12.6. The number of nitrogens with one attached hydrogen (secondary N) is 1. The number of aliphatic hydroxyl groups is 1. The van der Waals surface area contributed by atoms with Crippen molar-refractivity contribution in [1.82, 2.24) is 20.3 Å². The van der Waals surface area contributed by atoms with Crippen LogP contribution < -0.4 is 10.1 Å². The Balaban J connectivity index is 1.28. The van der Waals surface area contributed by atoms with Crippen molar-refractivity contribution in [3.8, 4) is 17.0 Å². The van der Waals surface area contributed by atoms with Gasteiger partial charge in [0.1, 0.15) is 17.5 Å². The molecule has 32 heavy (non-hydrogen) atoms. The molecule has 0 radical (unpaired) electrons. The molecule has 1 saturated heterocycles. The quantitative estimate of drug-likeness (QED) is 0.652. The fourth-order valence-electron chi connectivity index (χ4n) is 4.84. The smallest absolute Gasteiger partial charge is 0.223 e. The molecule has 1 amide bonds. The normalized spacial score (nSPS) is 24.2. The Bertz CT molecular complexity index is 880. The van der Waals surface area contributed by atoms with Crippen LogP contribution in [0.15, 0.2) is 30.5 Å². The molecule has 1 aliphatic heterocycles. The van der Waals surface area contributed by atoms with Crippen molar-refractivity contribution in [2.75, 3.05) is 13.7 Å². The predicted octanol–water partition coefficient (Wildman–Crippen LogP) is 2.95. The second-order valence-electron chi connectivity index (χ2n) is 8.86. The molecule has 1 aromatic heterocycles. The van der Waals surface area contributed by atoms with Crippen molar-refractivity contribution in [1.29, 1.82) is 0 Å². The van der Waals surface area contributed by atoms with Crippen LogP contribution >= 0.6 is 0 Å². The van der Waals surface area contributed by atoms with Crippen LogP contribution in [0.2, 0.25) is 0 Å².